The van der Waals surface area contributed by atoms with E-state index in [1.54, 1.807) is 0 Å². The molecule has 2 aromatic rings. The van der Waals surface area contributed by atoms with Gasteiger partial charge in [-0.3, -0.25) is 21.8 Å². The molecule has 1 unspecified atom stereocenters. The maximum atomic E-state index is 12.6. The third-order valence-electron chi connectivity index (χ3n) is 4.38. The van der Waals surface area contributed by atoms with Crippen molar-refractivity contribution in [3.8, 4) is 0 Å². The molecule has 1 aliphatic rings. The second-order valence-corrected chi connectivity index (χ2v) is 6.68. The van der Waals surface area contributed by atoms with E-state index < -0.39 is 0 Å². The number of anilines is 1. The zero-order chi connectivity index (χ0) is 18.0. The van der Waals surface area contributed by atoms with E-state index in [0.29, 0.717) is 13.2 Å². The molecule has 0 bridgehead atoms. The first-order valence-electron chi connectivity index (χ1n) is 8.54. The molecule has 1 aromatic carbocycles. The summed E-state index contributed by atoms with van der Waals surface area (Å²) in [5, 5.41) is 0. The zero-order valence-electron chi connectivity index (χ0n) is 15.6. The van der Waals surface area contributed by atoms with Gasteiger partial charge in [0.05, 0.1) is 6.67 Å². The van der Waals surface area contributed by atoms with Crippen LogP contribution in [0.2, 0.25) is 0 Å². The van der Waals surface area contributed by atoms with Gasteiger partial charge in [0.15, 0.2) is 0 Å². The Labute approximate surface area is 181 Å². The van der Waals surface area contributed by atoms with Crippen LogP contribution >= 0.6 is 0 Å². The number of hydrogen-bond donors (Lipinski definition) is 0. The van der Waals surface area contributed by atoms with Crippen LogP contribution in [-0.4, -0.2) is 34.0 Å². The fraction of sp³-hybridized carbons (Fsp3) is 0.350. The predicted molar refractivity (Wildman–Crippen MR) is 98.6 cm³/mol. The third-order valence-corrected chi connectivity index (χ3v) is 4.38. The number of para-hydroxylation sites is 1. The number of carbonyl (C=O) groups is 1. The van der Waals surface area contributed by atoms with E-state index in [-0.39, 0.29) is 44.5 Å². The largest absolute Gasteiger partial charge is 0.453 e. The van der Waals surface area contributed by atoms with E-state index in [1.165, 1.54) is 5.56 Å². The number of amides is 1. The molecular weight excluding hydrogens is 401 g/mol. The molecule has 1 atom stereocenters. The minimum atomic E-state index is -0.000516. The van der Waals surface area contributed by atoms with Gasteiger partial charge < -0.3 is 9.80 Å². The molecular formula is C20H24N4OY-2. The van der Waals surface area contributed by atoms with Crippen LogP contribution in [-0.2, 0) is 43.9 Å². The Morgan fingerprint density at radius 3 is 2.77 bits per heavy atom. The van der Waals surface area contributed by atoms with Gasteiger partial charge >= 0.3 is 0 Å². The first-order valence-corrected chi connectivity index (χ1v) is 8.54. The van der Waals surface area contributed by atoms with Gasteiger partial charge in [-0.05, 0) is 37.6 Å². The summed E-state index contributed by atoms with van der Waals surface area (Å²) in [7, 11) is 4.09. The Kier molecular flexibility index (Phi) is 7.33. The van der Waals surface area contributed by atoms with E-state index in [0.717, 1.165) is 29.3 Å². The van der Waals surface area contributed by atoms with Gasteiger partial charge in [0.25, 0.3) is 0 Å². The fourth-order valence-corrected chi connectivity index (χ4v) is 3.23. The Hall–Kier alpha value is -1.30. The topological polar surface area (TPSA) is 49.3 Å². The molecule has 2 heterocycles. The van der Waals surface area contributed by atoms with Gasteiger partial charge in [0, 0.05) is 44.3 Å². The zero-order valence-corrected chi connectivity index (χ0v) is 18.5. The van der Waals surface area contributed by atoms with E-state index >= 15 is 0 Å². The quantitative estimate of drug-likeness (QED) is 0.692. The van der Waals surface area contributed by atoms with Crippen molar-refractivity contribution in [3.63, 3.8) is 0 Å². The fourth-order valence-electron chi connectivity index (χ4n) is 3.23. The van der Waals surface area contributed by atoms with Gasteiger partial charge in [0.1, 0.15) is 5.82 Å². The molecule has 135 valence electrons. The maximum Gasteiger partial charge on any atom is 0.231 e. The average Bonchev–Trinajstić information content (AvgIpc) is 2.56. The first-order chi connectivity index (χ1) is 11.9. The molecule has 0 saturated heterocycles. The number of rotatable bonds is 5. The molecule has 0 spiro atoms. The molecule has 1 amide bonds. The molecule has 6 heteroatoms. The standard InChI is InChI=1S/C20H24N4O.Y/c1-14-11-17-7-5-6-8-19(17)24(20(14)25)13-23(4)10-9-18-12-15(2)21-16(3)22-18;/h5-9,12,14H,4,10-11,13H2,1-3H3;/q-2;. The van der Waals surface area contributed by atoms with Crippen molar-refractivity contribution < 1.29 is 37.5 Å². The molecule has 1 aromatic heterocycles. The Balaban J connectivity index is 0.00000243. The molecule has 3 rings (SSSR count). The first kappa shape index (κ1) is 21.0. The van der Waals surface area contributed by atoms with Crippen molar-refractivity contribution in [2.24, 2.45) is 5.92 Å². The van der Waals surface area contributed by atoms with Gasteiger partial charge in [-0.25, -0.2) is 0 Å². The van der Waals surface area contributed by atoms with E-state index in [1.807, 2.05) is 61.3 Å². The number of carbonyl (C=O) groups excluding carboxylic acids is 1. The Morgan fingerprint density at radius 2 is 2.04 bits per heavy atom. The molecule has 5 nitrogen and oxygen atoms in total. The van der Waals surface area contributed by atoms with Crippen molar-refractivity contribution in [1.29, 1.82) is 0 Å². The smallest absolute Gasteiger partial charge is 0.231 e. The van der Waals surface area contributed by atoms with Crippen molar-refractivity contribution in [1.82, 2.24) is 14.9 Å². The minimum absolute atomic E-state index is 0. The maximum absolute atomic E-state index is 12.6. The number of fused-ring (bicyclic) bond motifs is 1. The van der Waals surface area contributed by atoms with Gasteiger partial charge in [-0.15, -0.1) is 0 Å². The molecule has 26 heavy (non-hydrogen) atoms. The molecule has 0 saturated carbocycles. The van der Waals surface area contributed by atoms with E-state index in [9.17, 15) is 4.79 Å². The summed E-state index contributed by atoms with van der Waals surface area (Å²) in [6.45, 7) is 6.89. The number of hydrogen-bond acceptors (Lipinski definition) is 4. The number of aryl methyl sites for hydroxylation is 2. The van der Waals surface area contributed by atoms with Gasteiger partial charge in [-0.2, -0.15) is 12.5 Å². The number of aromatic nitrogens is 2. The second-order valence-electron chi connectivity index (χ2n) is 6.68. The summed E-state index contributed by atoms with van der Waals surface area (Å²) in [5.41, 5.74) is 4.04. The van der Waals surface area contributed by atoms with Crippen LogP contribution in [0.25, 0.3) is 0 Å². The van der Waals surface area contributed by atoms with E-state index in [2.05, 4.69) is 23.1 Å². The summed E-state index contributed by atoms with van der Waals surface area (Å²) < 4.78 is 0. The van der Waals surface area contributed by atoms with Crippen LogP contribution in [0.1, 0.15) is 29.7 Å². The summed E-state index contributed by atoms with van der Waals surface area (Å²) in [6, 6.07) is 10.0. The SMILES string of the molecule is [CH2-]N(C[CH-]c1cc(C)nc(C)n1)CN1C(=O)C(C)Cc2ccccc21.[Y]. The molecule has 1 aliphatic heterocycles. The van der Waals surface area contributed by atoms with Crippen LogP contribution in [0.5, 0.6) is 0 Å². The molecule has 0 aliphatic carbocycles. The van der Waals surface area contributed by atoms with Crippen molar-refractivity contribution >= 4 is 11.6 Å². The van der Waals surface area contributed by atoms with Crippen LogP contribution in [0.15, 0.2) is 30.3 Å². The Morgan fingerprint density at radius 1 is 1.31 bits per heavy atom. The number of nitrogens with zero attached hydrogens (tertiary/aromatic N) is 4. The number of benzene rings is 1. The second kappa shape index (κ2) is 9.07. The van der Waals surface area contributed by atoms with Crippen molar-refractivity contribution in [3.05, 3.63) is 66.6 Å². The summed E-state index contributed by atoms with van der Waals surface area (Å²) in [4.78, 5) is 25.0. The minimum Gasteiger partial charge on any atom is -0.453 e. The van der Waals surface area contributed by atoms with Crippen molar-refractivity contribution in [2.45, 2.75) is 27.2 Å². The Bertz CT molecular complexity index is 760. The summed E-state index contributed by atoms with van der Waals surface area (Å²) in [5.74, 6) is 0.913. The predicted octanol–water partition coefficient (Wildman–Crippen LogP) is 2.92. The average molecular weight is 425 g/mol. The van der Waals surface area contributed by atoms with Crippen molar-refractivity contribution in [2.75, 3.05) is 18.1 Å². The van der Waals surface area contributed by atoms with Crippen LogP contribution in [0, 0.1) is 33.2 Å². The normalized spacial score (nSPS) is 16.3. The van der Waals surface area contributed by atoms with E-state index in [4.69, 9.17) is 0 Å². The van der Waals surface area contributed by atoms with Gasteiger partial charge in [-0.1, -0.05) is 37.4 Å². The van der Waals surface area contributed by atoms with Crippen LogP contribution < -0.4 is 4.90 Å². The van der Waals surface area contributed by atoms with Crippen LogP contribution in [0.4, 0.5) is 5.69 Å². The summed E-state index contributed by atoms with van der Waals surface area (Å²) >= 11 is 0. The molecule has 0 fully saturated rings. The van der Waals surface area contributed by atoms with Gasteiger partial charge in [0.2, 0.25) is 5.91 Å². The molecule has 0 N–H and O–H groups in total. The van der Waals surface area contributed by atoms with Crippen LogP contribution in [0.3, 0.4) is 0 Å². The third kappa shape index (κ3) is 4.90. The monoisotopic (exact) mass is 425 g/mol. The molecule has 1 radical (unpaired) electrons. The summed E-state index contributed by atoms with van der Waals surface area (Å²) in [6.07, 6.45) is 2.81.